The summed E-state index contributed by atoms with van der Waals surface area (Å²) in [7, 11) is 0. The van der Waals surface area contributed by atoms with E-state index in [1.54, 1.807) is 28.5 Å². The highest BCUT2D eigenvalue weighted by atomic mass is 32.1. The first kappa shape index (κ1) is 14.1. The maximum atomic E-state index is 6.33. The fourth-order valence-electron chi connectivity index (χ4n) is 3.01. The summed E-state index contributed by atoms with van der Waals surface area (Å²) in [6, 6.07) is 1.85. The van der Waals surface area contributed by atoms with Gasteiger partial charge in [0.25, 0.3) is 0 Å². The maximum absolute atomic E-state index is 6.33. The molecule has 1 fully saturated rings. The van der Waals surface area contributed by atoms with Crippen LogP contribution in [0.3, 0.4) is 0 Å². The van der Waals surface area contributed by atoms with Crippen molar-refractivity contribution >= 4 is 22.8 Å². The lowest BCUT2D eigenvalue weighted by atomic mass is 9.98. The van der Waals surface area contributed by atoms with Crippen LogP contribution in [-0.2, 0) is 0 Å². The second kappa shape index (κ2) is 5.96. The normalized spacial score (nSPS) is 18.3. The molecule has 1 atom stereocenters. The summed E-state index contributed by atoms with van der Waals surface area (Å²) in [6.45, 7) is 1.83. The number of rotatable bonds is 3. The molecule has 0 bridgehead atoms. The van der Waals surface area contributed by atoms with E-state index in [1.165, 1.54) is 5.01 Å². The van der Waals surface area contributed by atoms with E-state index in [2.05, 4.69) is 25.0 Å². The third kappa shape index (κ3) is 2.65. The topological polar surface area (TPSA) is 85.8 Å². The molecule has 0 unspecified atom stereocenters. The van der Waals surface area contributed by atoms with Gasteiger partial charge in [-0.15, -0.1) is 11.3 Å². The quantitative estimate of drug-likeness (QED) is 0.793. The molecule has 3 aromatic rings. The molecule has 8 heteroatoms. The predicted octanol–water partition coefficient (Wildman–Crippen LogP) is 2.08. The van der Waals surface area contributed by atoms with Gasteiger partial charge < -0.3 is 10.6 Å². The summed E-state index contributed by atoms with van der Waals surface area (Å²) in [4.78, 5) is 15.4. The van der Waals surface area contributed by atoms with Crippen LogP contribution in [0.4, 0.5) is 11.5 Å². The Bertz CT molecular complexity index is 769. The molecule has 7 nitrogen and oxygen atoms in total. The van der Waals surface area contributed by atoms with E-state index in [0.29, 0.717) is 17.4 Å². The average molecular weight is 327 g/mol. The molecule has 0 radical (unpaired) electrons. The van der Waals surface area contributed by atoms with Gasteiger partial charge in [-0.2, -0.15) is 5.10 Å². The third-order valence-corrected chi connectivity index (χ3v) is 5.02. The average Bonchev–Trinajstić information content (AvgIpc) is 3.29. The highest BCUT2D eigenvalue weighted by Gasteiger charge is 2.26. The van der Waals surface area contributed by atoms with Crippen LogP contribution >= 0.6 is 11.3 Å². The van der Waals surface area contributed by atoms with Crippen molar-refractivity contribution in [1.82, 2.24) is 24.7 Å². The monoisotopic (exact) mass is 327 g/mol. The van der Waals surface area contributed by atoms with Crippen molar-refractivity contribution in [2.45, 2.75) is 18.8 Å². The second-order valence-electron chi connectivity index (χ2n) is 5.54. The minimum Gasteiger partial charge on any atom is -0.393 e. The lowest BCUT2D eigenvalue weighted by Gasteiger charge is -2.33. The van der Waals surface area contributed by atoms with Crippen molar-refractivity contribution in [3.63, 3.8) is 0 Å². The summed E-state index contributed by atoms with van der Waals surface area (Å²) in [5.41, 5.74) is 6.89. The van der Waals surface area contributed by atoms with Crippen LogP contribution in [0.1, 0.15) is 23.8 Å². The zero-order valence-corrected chi connectivity index (χ0v) is 13.4. The van der Waals surface area contributed by atoms with Crippen molar-refractivity contribution in [3.05, 3.63) is 41.4 Å². The van der Waals surface area contributed by atoms with E-state index in [4.69, 9.17) is 5.73 Å². The molecule has 0 amide bonds. The van der Waals surface area contributed by atoms with Crippen molar-refractivity contribution in [3.8, 4) is 5.82 Å². The second-order valence-corrected chi connectivity index (χ2v) is 6.47. The molecule has 0 saturated carbocycles. The molecular weight excluding hydrogens is 310 g/mol. The van der Waals surface area contributed by atoms with E-state index in [0.717, 1.165) is 31.7 Å². The van der Waals surface area contributed by atoms with Gasteiger partial charge in [0.1, 0.15) is 12.0 Å². The van der Waals surface area contributed by atoms with Crippen LogP contribution in [0, 0.1) is 0 Å². The van der Waals surface area contributed by atoms with Crippen LogP contribution in [-0.4, -0.2) is 37.8 Å². The zero-order valence-electron chi connectivity index (χ0n) is 12.5. The molecule has 4 heterocycles. The largest absolute Gasteiger partial charge is 0.393 e. The number of hydrogen-bond donors (Lipinski definition) is 1. The maximum Gasteiger partial charge on any atom is 0.181 e. The minimum atomic E-state index is 0.436. The highest BCUT2D eigenvalue weighted by molar-refractivity contribution is 7.09. The molecule has 0 spiro atoms. The Balaban J connectivity index is 1.64. The van der Waals surface area contributed by atoms with Crippen LogP contribution in [0.5, 0.6) is 0 Å². The van der Waals surface area contributed by atoms with E-state index < -0.39 is 0 Å². The standard InChI is InChI=1S/C15H17N7S/c16-12-13(18-10-19-14(12)22-7-2-4-20-22)21-6-1-3-11(9-21)15-17-5-8-23-15/h2,4-5,7-8,10-11H,1,3,6,9,16H2/t11-/m0/s1. The zero-order chi connectivity index (χ0) is 15.6. The molecule has 1 saturated heterocycles. The number of hydrogen-bond acceptors (Lipinski definition) is 7. The van der Waals surface area contributed by atoms with Crippen LogP contribution in [0.25, 0.3) is 5.82 Å². The Labute approximate surface area is 137 Å². The van der Waals surface area contributed by atoms with Gasteiger partial charge in [-0.05, 0) is 18.9 Å². The summed E-state index contributed by atoms with van der Waals surface area (Å²) >= 11 is 1.72. The molecular formula is C15H17N7S. The summed E-state index contributed by atoms with van der Waals surface area (Å²) < 4.78 is 1.67. The molecule has 1 aliphatic rings. The van der Waals surface area contributed by atoms with E-state index in [-0.39, 0.29) is 0 Å². The van der Waals surface area contributed by atoms with E-state index in [1.807, 2.05) is 23.8 Å². The molecule has 1 aliphatic heterocycles. The number of nitrogens with two attached hydrogens (primary N) is 1. The van der Waals surface area contributed by atoms with Gasteiger partial charge in [-0.3, -0.25) is 0 Å². The van der Waals surface area contributed by atoms with Gasteiger partial charge in [-0.1, -0.05) is 0 Å². The third-order valence-electron chi connectivity index (χ3n) is 4.08. The summed E-state index contributed by atoms with van der Waals surface area (Å²) in [5.74, 6) is 1.84. The van der Waals surface area contributed by atoms with Crippen LogP contribution in [0.2, 0.25) is 0 Å². The van der Waals surface area contributed by atoms with Crippen molar-refractivity contribution < 1.29 is 0 Å². The Morgan fingerprint density at radius 2 is 2.09 bits per heavy atom. The lowest BCUT2D eigenvalue weighted by molar-refractivity contribution is 0.505. The Morgan fingerprint density at radius 3 is 2.87 bits per heavy atom. The molecule has 0 aliphatic carbocycles. The first-order valence-corrected chi connectivity index (χ1v) is 8.45. The number of piperidine rings is 1. The van der Waals surface area contributed by atoms with Gasteiger partial charge >= 0.3 is 0 Å². The van der Waals surface area contributed by atoms with E-state index >= 15 is 0 Å². The number of nitrogen functional groups attached to an aromatic ring is 1. The van der Waals surface area contributed by atoms with Crippen LogP contribution < -0.4 is 10.6 Å². The fourth-order valence-corrected chi connectivity index (χ4v) is 3.78. The van der Waals surface area contributed by atoms with Crippen molar-refractivity contribution in [2.24, 2.45) is 0 Å². The van der Waals surface area contributed by atoms with Gasteiger partial charge in [0.2, 0.25) is 0 Å². The summed E-state index contributed by atoms with van der Waals surface area (Å²) in [6.07, 6.45) is 9.22. The summed E-state index contributed by atoms with van der Waals surface area (Å²) in [5, 5.41) is 7.43. The predicted molar refractivity (Wildman–Crippen MR) is 89.9 cm³/mol. The molecule has 0 aromatic carbocycles. The number of nitrogens with zero attached hydrogens (tertiary/aromatic N) is 6. The minimum absolute atomic E-state index is 0.436. The van der Waals surface area contributed by atoms with Gasteiger partial charge in [0, 0.05) is 43.0 Å². The van der Waals surface area contributed by atoms with Gasteiger partial charge in [-0.25, -0.2) is 19.6 Å². The first-order chi connectivity index (χ1) is 11.3. The first-order valence-electron chi connectivity index (χ1n) is 7.58. The van der Waals surface area contributed by atoms with Crippen LogP contribution in [0.15, 0.2) is 36.4 Å². The molecule has 4 rings (SSSR count). The van der Waals surface area contributed by atoms with E-state index in [9.17, 15) is 0 Å². The van der Waals surface area contributed by atoms with Crippen molar-refractivity contribution in [2.75, 3.05) is 23.7 Å². The fraction of sp³-hybridized carbons (Fsp3) is 0.333. The molecule has 3 aromatic heterocycles. The SMILES string of the molecule is Nc1c(N2CCC[C@H](c3nccs3)C2)ncnc1-n1cccn1. The van der Waals surface area contributed by atoms with Crippen molar-refractivity contribution in [1.29, 1.82) is 0 Å². The number of thiazole rings is 1. The number of aromatic nitrogens is 5. The lowest BCUT2D eigenvalue weighted by Crippen LogP contribution is -2.35. The Hall–Kier alpha value is -2.48. The Kier molecular flexibility index (Phi) is 3.66. The van der Waals surface area contributed by atoms with Gasteiger partial charge in [0.15, 0.2) is 11.6 Å². The van der Waals surface area contributed by atoms with Gasteiger partial charge in [0.05, 0.1) is 5.01 Å². The Morgan fingerprint density at radius 1 is 1.17 bits per heavy atom. The molecule has 118 valence electrons. The number of anilines is 2. The molecule has 2 N–H and O–H groups in total. The smallest absolute Gasteiger partial charge is 0.181 e. The molecule has 23 heavy (non-hydrogen) atoms. The highest BCUT2D eigenvalue weighted by Crippen LogP contribution is 2.33.